The maximum atomic E-state index is 13.3. The van der Waals surface area contributed by atoms with Crippen LogP contribution >= 0.6 is 11.8 Å². The minimum absolute atomic E-state index is 0.0902. The molecular formula is C28H35N3O5S. The van der Waals surface area contributed by atoms with Gasteiger partial charge in [0, 0.05) is 23.6 Å². The fourth-order valence-electron chi connectivity index (χ4n) is 4.14. The molecule has 0 amide bonds. The van der Waals surface area contributed by atoms with Crippen molar-refractivity contribution in [3.05, 3.63) is 98.5 Å². The Morgan fingerprint density at radius 3 is 2.46 bits per heavy atom. The van der Waals surface area contributed by atoms with Crippen LogP contribution in [0.3, 0.4) is 0 Å². The molecule has 9 heteroatoms. The standard InChI is InChI=1S/C28H35N3O5S/c1-20-25(28(32)35-16-10-17-37-18-15-30(3)4)26(27(31(33)34)21(2)29-20)23-13-8-9-14-24(23)36-19-22-11-6-5-7-12-22/h5-9,11-14,26,29H,10,15-19H2,1-4H3. The second kappa shape index (κ2) is 13.9. The van der Waals surface area contributed by atoms with E-state index < -0.39 is 16.8 Å². The number of thioether (sulfide) groups is 1. The highest BCUT2D eigenvalue weighted by molar-refractivity contribution is 7.99. The van der Waals surface area contributed by atoms with Crippen LogP contribution in [0, 0.1) is 10.1 Å². The molecule has 0 aliphatic carbocycles. The first-order valence-electron chi connectivity index (χ1n) is 12.3. The number of esters is 1. The number of benzene rings is 2. The molecule has 0 aromatic heterocycles. The van der Waals surface area contributed by atoms with Gasteiger partial charge in [0.15, 0.2) is 0 Å². The second-order valence-electron chi connectivity index (χ2n) is 9.08. The SMILES string of the molecule is CC1=C(C(=O)OCCCSCCN(C)C)C(c2ccccc2OCc2ccccc2)C([N+](=O)[O-])=C(C)N1. The summed E-state index contributed by atoms with van der Waals surface area (Å²) in [6.45, 7) is 4.93. The van der Waals surface area contributed by atoms with Crippen molar-refractivity contribution in [2.75, 3.05) is 38.8 Å². The number of allylic oxidation sites excluding steroid dienone is 3. The van der Waals surface area contributed by atoms with Gasteiger partial charge < -0.3 is 19.7 Å². The van der Waals surface area contributed by atoms with Crippen LogP contribution < -0.4 is 10.1 Å². The lowest BCUT2D eigenvalue weighted by atomic mass is 9.83. The number of rotatable bonds is 13. The Kier molecular flexibility index (Phi) is 10.6. The average Bonchev–Trinajstić information content (AvgIpc) is 2.86. The lowest BCUT2D eigenvalue weighted by Gasteiger charge is -2.27. The van der Waals surface area contributed by atoms with E-state index in [-0.39, 0.29) is 17.9 Å². The van der Waals surface area contributed by atoms with Gasteiger partial charge in [0.05, 0.1) is 22.8 Å². The van der Waals surface area contributed by atoms with Crippen molar-refractivity contribution < 1.29 is 19.2 Å². The minimum Gasteiger partial charge on any atom is -0.489 e. The van der Waals surface area contributed by atoms with Gasteiger partial charge in [-0.1, -0.05) is 48.5 Å². The minimum atomic E-state index is -0.926. The Labute approximate surface area is 222 Å². The van der Waals surface area contributed by atoms with E-state index in [1.165, 1.54) is 0 Å². The number of para-hydroxylation sites is 1. The van der Waals surface area contributed by atoms with Crippen molar-refractivity contribution in [2.24, 2.45) is 0 Å². The molecule has 1 aliphatic heterocycles. The number of nitrogens with zero attached hydrogens (tertiary/aromatic N) is 2. The molecule has 1 atom stereocenters. The third kappa shape index (κ3) is 7.84. The van der Waals surface area contributed by atoms with Gasteiger partial charge in [-0.05, 0) is 51.7 Å². The van der Waals surface area contributed by atoms with Crippen LogP contribution in [-0.4, -0.2) is 54.5 Å². The van der Waals surface area contributed by atoms with Gasteiger partial charge in [0.1, 0.15) is 18.3 Å². The third-order valence-corrected chi connectivity index (χ3v) is 7.01. The molecule has 0 fully saturated rings. The summed E-state index contributed by atoms with van der Waals surface area (Å²) in [6.07, 6.45) is 0.710. The maximum absolute atomic E-state index is 13.3. The van der Waals surface area contributed by atoms with E-state index in [0.29, 0.717) is 35.7 Å². The molecule has 0 saturated carbocycles. The quantitative estimate of drug-likeness (QED) is 0.170. The summed E-state index contributed by atoms with van der Waals surface area (Å²) >= 11 is 1.81. The van der Waals surface area contributed by atoms with E-state index in [9.17, 15) is 14.9 Å². The van der Waals surface area contributed by atoms with Crippen molar-refractivity contribution >= 4 is 17.7 Å². The van der Waals surface area contributed by atoms with Crippen molar-refractivity contribution in [3.8, 4) is 5.75 Å². The summed E-state index contributed by atoms with van der Waals surface area (Å²) in [6, 6.07) is 16.8. The van der Waals surface area contributed by atoms with Gasteiger partial charge in [0.2, 0.25) is 0 Å². The van der Waals surface area contributed by atoms with Crippen molar-refractivity contribution in [1.82, 2.24) is 10.2 Å². The molecule has 8 nitrogen and oxygen atoms in total. The molecular weight excluding hydrogens is 490 g/mol. The highest BCUT2D eigenvalue weighted by atomic mass is 32.2. The first-order valence-corrected chi connectivity index (χ1v) is 13.4. The Morgan fingerprint density at radius 2 is 1.76 bits per heavy atom. The maximum Gasteiger partial charge on any atom is 0.336 e. The van der Waals surface area contributed by atoms with Crippen LogP contribution in [0.4, 0.5) is 0 Å². The lowest BCUT2D eigenvalue weighted by molar-refractivity contribution is -0.431. The predicted octanol–water partition coefficient (Wildman–Crippen LogP) is 4.96. The van der Waals surface area contributed by atoms with Crippen molar-refractivity contribution in [2.45, 2.75) is 32.8 Å². The zero-order valence-corrected chi connectivity index (χ0v) is 22.7. The zero-order chi connectivity index (χ0) is 26.8. The molecule has 2 aromatic carbocycles. The molecule has 1 aliphatic rings. The predicted molar refractivity (Wildman–Crippen MR) is 147 cm³/mol. The topological polar surface area (TPSA) is 93.9 Å². The summed E-state index contributed by atoms with van der Waals surface area (Å²) in [5.74, 6) is 0.882. The fourth-order valence-corrected chi connectivity index (χ4v) is 5.16. The normalized spacial score (nSPS) is 15.5. The van der Waals surface area contributed by atoms with Crippen LogP contribution in [0.5, 0.6) is 5.75 Å². The number of carbonyl (C=O) groups excluding carboxylic acids is 1. The zero-order valence-electron chi connectivity index (χ0n) is 21.9. The number of hydrogen-bond acceptors (Lipinski definition) is 8. The summed E-state index contributed by atoms with van der Waals surface area (Å²) in [4.78, 5) is 27.2. The number of ether oxygens (including phenoxy) is 2. The molecule has 0 spiro atoms. The molecule has 198 valence electrons. The monoisotopic (exact) mass is 525 g/mol. The van der Waals surface area contributed by atoms with E-state index in [1.807, 2.05) is 50.5 Å². The van der Waals surface area contributed by atoms with Crippen LogP contribution in [-0.2, 0) is 16.1 Å². The summed E-state index contributed by atoms with van der Waals surface area (Å²) in [5, 5.41) is 15.2. The molecule has 2 aromatic rings. The number of dihydropyridines is 1. The molecule has 0 saturated heterocycles. The summed E-state index contributed by atoms with van der Waals surface area (Å²) < 4.78 is 11.7. The Hall–Kier alpha value is -3.30. The van der Waals surface area contributed by atoms with Crippen LogP contribution in [0.15, 0.2) is 77.3 Å². The van der Waals surface area contributed by atoms with Gasteiger partial charge >= 0.3 is 5.97 Å². The van der Waals surface area contributed by atoms with Gasteiger partial charge in [-0.25, -0.2) is 4.79 Å². The Morgan fingerprint density at radius 1 is 1.05 bits per heavy atom. The van der Waals surface area contributed by atoms with E-state index in [0.717, 1.165) is 23.6 Å². The highest BCUT2D eigenvalue weighted by Crippen LogP contribution is 2.42. The van der Waals surface area contributed by atoms with Gasteiger partial charge in [-0.15, -0.1) is 0 Å². The van der Waals surface area contributed by atoms with Crippen molar-refractivity contribution in [1.29, 1.82) is 0 Å². The van der Waals surface area contributed by atoms with Crippen LogP contribution in [0.1, 0.15) is 37.3 Å². The van der Waals surface area contributed by atoms with Crippen LogP contribution in [0.25, 0.3) is 0 Å². The first kappa shape index (κ1) is 28.3. The van der Waals surface area contributed by atoms with Gasteiger partial charge in [-0.3, -0.25) is 10.1 Å². The average molecular weight is 526 g/mol. The largest absolute Gasteiger partial charge is 0.489 e. The van der Waals surface area contributed by atoms with Gasteiger partial charge in [0.25, 0.3) is 5.70 Å². The molecule has 1 N–H and O–H groups in total. The smallest absolute Gasteiger partial charge is 0.336 e. The van der Waals surface area contributed by atoms with E-state index in [4.69, 9.17) is 9.47 Å². The first-order chi connectivity index (χ1) is 17.8. The molecule has 0 bridgehead atoms. The Balaban J connectivity index is 1.82. The third-order valence-electron chi connectivity index (χ3n) is 5.96. The molecule has 37 heavy (non-hydrogen) atoms. The number of hydrogen-bond donors (Lipinski definition) is 1. The lowest BCUT2D eigenvalue weighted by Crippen LogP contribution is -2.32. The summed E-state index contributed by atoms with van der Waals surface area (Å²) in [7, 11) is 4.07. The number of carbonyl (C=O) groups is 1. The number of nitrogens with one attached hydrogen (secondary N) is 1. The summed E-state index contributed by atoms with van der Waals surface area (Å²) in [5.41, 5.74) is 2.59. The molecule has 0 radical (unpaired) electrons. The van der Waals surface area contributed by atoms with E-state index in [2.05, 4.69) is 10.2 Å². The second-order valence-corrected chi connectivity index (χ2v) is 10.3. The fraction of sp³-hybridized carbons (Fsp3) is 0.393. The highest BCUT2D eigenvalue weighted by Gasteiger charge is 2.42. The van der Waals surface area contributed by atoms with E-state index >= 15 is 0 Å². The Bertz CT molecular complexity index is 1150. The number of nitro groups is 1. The van der Waals surface area contributed by atoms with Crippen molar-refractivity contribution in [3.63, 3.8) is 0 Å². The molecule has 3 rings (SSSR count). The van der Waals surface area contributed by atoms with E-state index in [1.54, 1.807) is 43.8 Å². The molecule has 1 heterocycles. The molecule has 1 unspecified atom stereocenters. The van der Waals surface area contributed by atoms with Crippen LogP contribution in [0.2, 0.25) is 0 Å². The van der Waals surface area contributed by atoms with Gasteiger partial charge in [-0.2, -0.15) is 11.8 Å².